The number of anilines is 1. The number of ether oxygens (including phenoxy) is 1. The highest BCUT2D eigenvalue weighted by atomic mass is 16.6. The Morgan fingerprint density at radius 3 is 2.96 bits per heavy atom. The number of cyclic esters (lactones) is 1. The minimum atomic E-state index is -0.292. The van der Waals surface area contributed by atoms with Crippen LogP contribution >= 0.6 is 0 Å². The number of aromatic amines is 1. The molecular formula is C17H23N5O2. The van der Waals surface area contributed by atoms with E-state index in [0.29, 0.717) is 0 Å². The van der Waals surface area contributed by atoms with Crippen LogP contribution in [0.25, 0.3) is 11.0 Å². The number of nitrogens with zero attached hydrogens (tertiary/aromatic N) is 4. The number of hydrogen-bond donors (Lipinski definition) is 1. The summed E-state index contributed by atoms with van der Waals surface area (Å²) in [6.07, 6.45) is 6.18. The number of H-pyrrole nitrogens is 1. The Morgan fingerprint density at radius 2 is 2.21 bits per heavy atom. The Bertz CT molecular complexity index is 748. The van der Waals surface area contributed by atoms with Gasteiger partial charge in [-0.25, -0.2) is 4.98 Å². The maximum Gasteiger partial charge on any atom is 0.312 e. The fourth-order valence-electron chi connectivity index (χ4n) is 4.04. The number of carbonyl (C=O) groups excluding carboxylic acids is 1. The van der Waals surface area contributed by atoms with Gasteiger partial charge in [0, 0.05) is 32.3 Å². The van der Waals surface area contributed by atoms with Crippen molar-refractivity contribution >= 4 is 22.7 Å². The van der Waals surface area contributed by atoms with Crippen LogP contribution in [-0.2, 0) is 9.53 Å². The van der Waals surface area contributed by atoms with E-state index in [9.17, 15) is 4.79 Å². The summed E-state index contributed by atoms with van der Waals surface area (Å²) >= 11 is 0. The van der Waals surface area contributed by atoms with E-state index < -0.39 is 0 Å². The molecule has 4 heterocycles. The first-order valence-corrected chi connectivity index (χ1v) is 8.46. The molecule has 7 heteroatoms. The van der Waals surface area contributed by atoms with Gasteiger partial charge in [0.15, 0.2) is 5.65 Å². The molecule has 24 heavy (non-hydrogen) atoms. The van der Waals surface area contributed by atoms with Crippen LogP contribution in [0.2, 0.25) is 0 Å². The Hall–Kier alpha value is -2.15. The number of carbonyl (C=O) groups is 1. The predicted molar refractivity (Wildman–Crippen MR) is 90.8 cm³/mol. The number of pyridine rings is 1. The Balaban J connectivity index is 1.49. The molecular weight excluding hydrogens is 306 g/mol. The van der Waals surface area contributed by atoms with E-state index in [0.717, 1.165) is 55.6 Å². The number of piperidine rings is 1. The molecule has 2 fully saturated rings. The Labute approximate surface area is 141 Å². The van der Waals surface area contributed by atoms with Crippen molar-refractivity contribution in [3.05, 3.63) is 18.5 Å². The lowest BCUT2D eigenvalue weighted by Crippen LogP contribution is -2.42. The number of rotatable bonds is 3. The van der Waals surface area contributed by atoms with Crippen LogP contribution in [0.4, 0.5) is 5.69 Å². The van der Waals surface area contributed by atoms with E-state index in [4.69, 9.17) is 4.74 Å². The largest absolute Gasteiger partial charge is 0.461 e. The molecule has 0 aliphatic carbocycles. The van der Waals surface area contributed by atoms with E-state index in [2.05, 4.69) is 25.0 Å². The number of esters is 1. The second-order valence-corrected chi connectivity index (χ2v) is 7.22. The summed E-state index contributed by atoms with van der Waals surface area (Å²) in [5, 5.41) is 8.03. The molecule has 0 radical (unpaired) electrons. The van der Waals surface area contributed by atoms with Crippen LogP contribution in [0.3, 0.4) is 0 Å². The molecule has 128 valence electrons. The monoisotopic (exact) mass is 329 g/mol. The molecule has 0 bridgehead atoms. The molecule has 1 atom stereocenters. The molecule has 7 nitrogen and oxygen atoms in total. The predicted octanol–water partition coefficient (Wildman–Crippen LogP) is 1.42. The van der Waals surface area contributed by atoms with E-state index in [1.807, 2.05) is 26.4 Å². The van der Waals surface area contributed by atoms with Gasteiger partial charge in [-0.05, 0) is 33.0 Å². The third-order valence-corrected chi connectivity index (χ3v) is 5.29. The van der Waals surface area contributed by atoms with Gasteiger partial charge in [0.25, 0.3) is 0 Å². The van der Waals surface area contributed by atoms with Crippen LogP contribution in [-0.4, -0.2) is 65.9 Å². The topological polar surface area (TPSA) is 74.4 Å². The van der Waals surface area contributed by atoms with E-state index in [1.54, 1.807) is 6.20 Å². The van der Waals surface area contributed by atoms with Gasteiger partial charge in [0.05, 0.1) is 22.7 Å². The molecule has 0 amide bonds. The van der Waals surface area contributed by atoms with Crippen LogP contribution in [0.15, 0.2) is 18.5 Å². The third-order valence-electron chi connectivity index (χ3n) is 5.29. The summed E-state index contributed by atoms with van der Waals surface area (Å²) in [6, 6.07) is 2.03. The number of aromatic nitrogens is 3. The first-order valence-electron chi connectivity index (χ1n) is 8.46. The maximum atomic E-state index is 12.5. The highest BCUT2D eigenvalue weighted by Crippen LogP contribution is 2.44. The third kappa shape index (κ3) is 2.53. The van der Waals surface area contributed by atoms with Crippen molar-refractivity contribution < 1.29 is 9.53 Å². The number of fused-ring (bicyclic) bond motifs is 1. The molecule has 0 saturated carbocycles. The van der Waals surface area contributed by atoms with Crippen molar-refractivity contribution in [2.45, 2.75) is 25.4 Å². The zero-order valence-corrected chi connectivity index (χ0v) is 14.2. The molecule has 2 aliphatic heterocycles. The first-order chi connectivity index (χ1) is 11.6. The van der Waals surface area contributed by atoms with Crippen LogP contribution in [0, 0.1) is 5.41 Å². The van der Waals surface area contributed by atoms with Gasteiger partial charge in [-0.15, -0.1) is 0 Å². The second-order valence-electron chi connectivity index (χ2n) is 7.22. The van der Waals surface area contributed by atoms with E-state index >= 15 is 0 Å². The van der Waals surface area contributed by atoms with Crippen LogP contribution in [0.1, 0.15) is 19.3 Å². The van der Waals surface area contributed by atoms with Crippen molar-refractivity contribution in [1.29, 1.82) is 0 Å². The summed E-state index contributed by atoms with van der Waals surface area (Å²) in [4.78, 5) is 21.2. The first kappa shape index (κ1) is 15.4. The van der Waals surface area contributed by atoms with Gasteiger partial charge in [0.2, 0.25) is 0 Å². The fourth-order valence-corrected chi connectivity index (χ4v) is 4.04. The molecule has 1 N–H and O–H groups in total. The standard InChI is InChI=1S/C17H23N5O2/c1-21(2)11-12-9-17(16(23)24-12)4-7-22(8-5-17)14-3-6-18-15-13(14)10-19-20-15/h3,6,10,12H,4-5,7-9,11H2,1-2H3,(H,18,19,20). The normalized spacial score (nSPS) is 23.4. The average molecular weight is 329 g/mol. The number of likely N-dealkylation sites (N-methyl/N-ethyl adjacent to an activating group) is 1. The van der Waals surface area contributed by atoms with Gasteiger partial charge in [-0.1, -0.05) is 0 Å². The maximum absolute atomic E-state index is 12.5. The van der Waals surface area contributed by atoms with Gasteiger partial charge >= 0.3 is 5.97 Å². The fraction of sp³-hybridized carbons (Fsp3) is 0.588. The molecule has 2 saturated heterocycles. The lowest BCUT2D eigenvalue weighted by molar-refractivity contribution is -0.150. The highest BCUT2D eigenvalue weighted by Gasteiger charge is 2.50. The van der Waals surface area contributed by atoms with E-state index in [1.165, 1.54) is 0 Å². The average Bonchev–Trinajstić information content (AvgIpc) is 3.13. The lowest BCUT2D eigenvalue weighted by atomic mass is 9.76. The summed E-state index contributed by atoms with van der Waals surface area (Å²) in [6.45, 7) is 2.51. The molecule has 4 rings (SSSR count). The smallest absolute Gasteiger partial charge is 0.312 e. The molecule has 1 unspecified atom stereocenters. The molecule has 2 aromatic heterocycles. The Morgan fingerprint density at radius 1 is 1.42 bits per heavy atom. The van der Waals surface area contributed by atoms with Gasteiger partial charge < -0.3 is 14.5 Å². The van der Waals surface area contributed by atoms with Gasteiger partial charge in [-0.3, -0.25) is 9.89 Å². The number of hydrogen-bond acceptors (Lipinski definition) is 6. The minimum Gasteiger partial charge on any atom is -0.461 e. The van der Waals surface area contributed by atoms with Crippen molar-refractivity contribution in [1.82, 2.24) is 20.1 Å². The van der Waals surface area contributed by atoms with Crippen molar-refractivity contribution in [3.8, 4) is 0 Å². The summed E-state index contributed by atoms with van der Waals surface area (Å²) in [5.74, 6) is -0.00261. The molecule has 2 aliphatic rings. The number of nitrogens with one attached hydrogen (secondary N) is 1. The SMILES string of the molecule is CN(C)CC1CC2(CCN(c3ccnc4[nH]ncc34)CC2)C(=O)O1. The zero-order chi connectivity index (χ0) is 16.7. The van der Waals surface area contributed by atoms with Crippen molar-refractivity contribution in [3.63, 3.8) is 0 Å². The minimum absolute atomic E-state index is 0.00261. The summed E-state index contributed by atoms with van der Waals surface area (Å²) < 4.78 is 5.64. The van der Waals surface area contributed by atoms with Crippen molar-refractivity contribution in [2.24, 2.45) is 5.41 Å². The Kier molecular flexibility index (Phi) is 3.68. The molecule has 1 spiro atoms. The van der Waals surface area contributed by atoms with Gasteiger partial charge in [0.1, 0.15) is 6.10 Å². The van der Waals surface area contributed by atoms with E-state index in [-0.39, 0.29) is 17.5 Å². The lowest BCUT2D eigenvalue weighted by Gasteiger charge is -2.38. The van der Waals surface area contributed by atoms with Crippen molar-refractivity contribution in [2.75, 3.05) is 38.6 Å². The summed E-state index contributed by atoms with van der Waals surface area (Å²) in [7, 11) is 4.03. The zero-order valence-electron chi connectivity index (χ0n) is 14.2. The molecule has 2 aromatic rings. The van der Waals surface area contributed by atoms with Crippen LogP contribution in [0.5, 0.6) is 0 Å². The van der Waals surface area contributed by atoms with Crippen LogP contribution < -0.4 is 4.90 Å². The second kappa shape index (κ2) is 5.73. The van der Waals surface area contributed by atoms with Gasteiger partial charge in [-0.2, -0.15) is 5.10 Å². The summed E-state index contributed by atoms with van der Waals surface area (Å²) in [5.41, 5.74) is 1.65. The quantitative estimate of drug-likeness (QED) is 0.859. The molecule has 0 aromatic carbocycles. The highest BCUT2D eigenvalue weighted by molar-refractivity contribution is 5.89.